The third-order valence-electron chi connectivity index (χ3n) is 9.38. The van der Waals surface area contributed by atoms with Crippen LogP contribution in [0.25, 0.3) is 0 Å². The van der Waals surface area contributed by atoms with Crippen molar-refractivity contribution in [1.29, 1.82) is 0 Å². The molecule has 2 aliphatic heterocycles. The quantitative estimate of drug-likeness (QED) is 0.171. The first kappa shape index (κ1) is 39.1. The van der Waals surface area contributed by atoms with E-state index in [0.717, 1.165) is 53.2 Å². The van der Waals surface area contributed by atoms with Gasteiger partial charge in [-0.05, 0) is 67.6 Å². The van der Waals surface area contributed by atoms with Gasteiger partial charge < -0.3 is 38.4 Å². The maximum absolute atomic E-state index is 14.1. The second kappa shape index (κ2) is 19.1. The largest absolute Gasteiger partial charge is 0.490 e. The Morgan fingerprint density at radius 3 is 2.27 bits per heavy atom. The van der Waals surface area contributed by atoms with Crippen LogP contribution < -0.4 is 9.64 Å². The monoisotopic (exact) mass is 726 g/mol. The topological polar surface area (TPSA) is 116 Å². The van der Waals surface area contributed by atoms with Gasteiger partial charge >= 0.3 is 0 Å². The van der Waals surface area contributed by atoms with Gasteiger partial charge in [0.05, 0.1) is 61.9 Å². The molecule has 0 aliphatic carbocycles. The summed E-state index contributed by atoms with van der Waals surface area (Å²) < 4.78 is 65.0. The Hall–Kier alpha value is -3.07. The maximum atomic E-state index is 14.1. The third kappa shape index (κ3) is 10.7. The summed E-state index contributed by atoms with van der Waals surface area (Å²) in [5.41, 5.74) is 4.96. The Morgan fingerprint density at radius 1 is 0.863 bits per heavy atom. The molecule has 0 amide bonds. The van der Waals surface area contributed by atoms with Crippen molar-refractivity contribution < 1.29 is 41.9 Å². The number of aliphatic hydroxyl groups is 1. The van der Waals surface area contributed by atoms with E-state index < -0.39 is 28.3 Å². The molecule has 2 heterocycles. The Kier molecular flexibility index (Phi) is 14.7. The van der Waals surface area contributed by atoms with Gasteiger partial charge in [-0.25, -0.2) is 8.42 Å². The van der Waals surface area contributed by atoms with Crippen LogP contribution in [-0.4, -0.2) is 110 Å². The van der Waals surface area contributed by atoms with Crippen molar-refractivity contribution >= 4 is 15.7 Å². The van der Waals surface area contributed by atoms with Crippen LogP contribution in [0.3, 0.4) is 0 Å². The van der Waals surface area contributed by atoms with E-state index in [2.05, 4.69) is 23.1 Å². The highest BCUT2D eigenvalue weighted by Crippen LogP contribution is 2.37. The summed E-state index contributed by atoms with van der Waals surface area (Å²) in [6.07, 6.45) is -0.287. The van der Waals surface area contributed by atoms with Crippen molar-refractivity contribution in [2.75, 3.05) is 78.3 Å². The minimum atomic E-state index is -3.86. The van der Waals surface area contributed by atoms with Gasteiger partial charge in [0.2, 0.25) is 10.0 Å². The van der Waals surface area contributed by atoms with Crippen molar-refractivity contribution in [3.05, 3.63) is 89.0 Å². The summed E-state index contributed by atoms with van der Waals surface area (Å²) in [5.74, 6) is 0.560. The summed E-state index contributed by atoms with van der Waals surface area (Å²) in [6, 6.07) is 21.2. The zero-order valence-corrected chi connectivity index (χ0v) is 31.2. The number of anilines is 1. The minimum Gasteiger partial charge on any atom is -0.490 e. The number of aryl methyl sites for hydroxylation is 1. The predicted octanol–water partition coefficient (Wildman–Crippen LogP) is 4.92. The van der Waals surface area contributed by atoms with Gasteiger partial charge in [-0.3, -0.25) is 0 Å². The molecule has 51 heavy (non-hydrogen) atoms. The number of hydrogen-bond acceptors (Lipinski definition) is 10. The molecule has 4 atom stereocenters. The Bertz CT molecular complexity index is 1600. The van der Waals surface area contributed by atoms with E-state index in [9.17, 15) is 13.5 Å². The van der Waals surface area contributed by atoms with Crippen molar-refractivity contribution in [2.45, 2.75) is 69.0 Å². The number of piperidine rings is 1. The average Bonchev–Trinajstić information content (AvgIpc) is 3.13. The van der Waals surface area contributed by atoms with Crippen LogP contribution in [0, 0.1) is 6.92 Å². The van der Waals surface area contributed by atoms with Crippen LogP contribution in [0.4, 0.5) is 5.69 Å². The third-order valence-corrected chi connectivity index (χ3v) is 11.2. The molecular formula is C39H54N2O9S. The molecule has 3 aromatic rings. The van der Waals surface area contributed by atoms with Crippen LogP contribution in [-0.2, 0) is 46.9 Å². The molecule has 0 bridgehead atoms. The standard InChI is InChI=1S/C39H54N2O9S/c1-29-6-13-34(14-7-29)51(43,44)41-25-37(48-20-16-30(2)42)39(33-11-8-31(9-12-33)27-47-23-22-46-4)38(26-41)50-28-32-10-15-36-35(24-32)40(18-21-49-36)17-5-19-45-3/h6-15,24,30,37-39,42H,5,16-23,25-28H2,1-4H3/t30?,37-,38+,39+/m1/s1. The number of hydrogen-bond donors (Lipinski definition) is 1. The molecule has 1 N–H and O–H groups in total. The fraction of sp³-hybridized carbons (Fsp3) is 0.538. The molecule has 5 rings (SSSR count). The fourth-order valence-electron chi connectivity index (χ4n) is 6.54. The highest BCUT2D eigenvalue weighted by Gasteiger charge is 2.43. The average molecular weight is 727 g/mol. The molecule has 0 spiro atoms. The van der Waals surface area contributed by atoms with Crippen LogP contribution in [0.2, 0.25) is 0 Å². The molecule has 0 aromatic heterocycles. The molecule has 0 radical (unpaired) electrons. The number of sulfonamides is 1. The summed E-state index contributed by atoms with van der Waals surface area (Å²) >= 11 is 0. The first-order valence-corrected chi connectivity index (χ1v) is 19.3. The number of ether oxygens (including phenoxy) is 6. The second-order valence-electron chi connectivity index (χ2n) is 13.3. The number of rotatable bonds is 19. The first-order valence-electron chi connectivity index (χ1n) is 17.8. The molecule has 280 valence electrons. The molecule has 2 aliphatic rings. The predicted molar refractivity (Wildman–Crippen MR) is 196 cm³/mol. The molecule has 1 unspecified atom stereocenters. The van der Waals surface area contributed by atoms with E-state index in [1.165, 1.54) is 4.31 Å². The van der Waals surface area contributed by atoms with E-state index in [4.69, 9.17) is 28.4 Å². The second-order valence-corrected chi connectivity index (χ2v) is 15.3. The van der Waals surface area contributed by atoms with Crippen molar-refractivity contribution in [1.82, 2.24) is 4.31 Å². The molecule has 1 fully saturated rings. The Labute approximate surface area is 303 Å². The highest BCUT2D eigenvalue weighted by molar-refractivity contribution is 7.89. The van der Waals surface area contributed by atoms with Crippen LogP contribution in [0.15, 0.2) is 71.6 Å². The SMILES string of the molecule is COCCCN1CCOc2ccc(CO[C@H]3CN(S(=O)(=O)c4ccc(C)cc4)C[C@@H](OCCC(C)O)[C@@H]3c3ccc(COCCOC)cc3)cc21. The molecule has 11 nitrogen and oxygen atoms in total. The van der Waals surface area contributed by atoms with Gasteiger partial charge in [0.1, 0.15) is 12.4 Å². The zero-order chi connectivity index (χ0) is 36.2. The van der Waals surface area contributed by atoms with Crippen LogP contribution in [0.1, 0.15) is 47.9 Å². The van der Waals surface area contributed by atoms with Gasteiger partial charge in [0.15, 0.2) is 0 Å². The van der Waals surface area contributed by atoms with Gasteiger partial charge in [-0.2, -0.15) is 4.31 Å². The number of fused-ring (bicyclic) bond motifs is 1. The van der Waals surface area contributed by atoms with Crippen LogP contribution >= 0.6 is 0 Å². The number of aliphatic hydroxyl groups excluding tert-OH is 1. The van der Waals surface area contributed by atoms with Gasteiger partial charge in [0.25, 0.3) is 0 Å². The first-order chi connectivity index (χ1) is 24.7. The van der Waals surface area contributed by atoms with E-state index in [1.807, 2.05) is 43.3 Å². The lowest BCUT2D eigenvalue weighted by atomic mass is 9.85. The lowest BCUT2D eigenvalue weighted by Gasteiger charge is -2.43. The van der Waals surface area contributed by atoms with E-state index >= 15 is 0 Å². The normalized spacial score (nSPS) is 20.2. The zero-order valence-electron chi connectivity index (χ0n) is 30.4. The fourth-order valence-corrected chi connectivity index (χ4v) is 8.01. The van der Waals surface area contributed by atoms with E-state index in [1.54, 1.807) is 33.3 Å². The van der Waals surface area contributed by atoms with Gasteiger partial charge in [-0.1, -0.05) is 48.0 Å². The van der Waals surface area contributed by atoms with Crippen molar-refractivity contribution in [2.24, 2.45) is 0 Å². The highest BCUT2D eigenvalue weighted by atomic mass is 32.2. The van der Waals surface area contributed by atoms with E-state index in [-0.39, 0.29) is 37.1 Å². The molecular weight excluding hydrogens is 673 g/mol. The summed E-state index contributed by atoms with van der Waals surface area (Å²) in [6.45, 7) is 8.92. The summed E-state index contributed by atoms with van der Waals surface area (Å²) in [5, 5.41) is 10.0. The number of nitrogens with zero attached hydrogens (tertiary/aromatic N) is 2. The van der Waals surface area contributed by atoms with Crippen LogP contribution in [0.5, 0.6) is 5.75 Å². The smallest absolute Gasteiger partial charge is 0.243 e. The molecule has 3 aromatic carbocycles. The Balaban J connectivity index is 1.44. The lowest BCUT2D eigenvalue weighted by Crippen LogP contribution is -2.54. The van der Waals surface area contributed by atoms with Gasteiger partial charge in [0, 0.05) is 53.0 Å². The van der Waals surface area contributed by atoms with Crippen molar-refractivity contribution in [3.8, 4) is 5.75 Å². The lowest BCUT2D eigenvalue weighted by molar-refractivity contribution is -0.0820. The Morgan fingerprint density at radius 2 is 1.57 bits per heavy atom. The van der Waals surface area contributed by atoms with Gasteiger partial charge in [-0.15, -0.1) is 0 Å². The molecule has 12 heteroatoms. The molecule has 0 saturated carbocycles. The molecule has 1 saturated heterocycles. The summed E-state index contributed by atoms with van der Waals surface area (Å²) in [4.78, 5) is 2.54. The minimum absolute atomic E-state index is 0.148. The summed E-state index contributed by atoms with van der Waals surface area (Å²) in [7, 11) is -0.505. The number of benzene rings is 3. The van der Waals surface area contributed by atoms with E-state index in [0.29, 0.717) is 39.5 Å². The maximum Gasteiger partial charge on any atom is 0.243 e. The number of methoxy groups -OCH3 is 2. The van der Waals surface area contributed by atoms with Crippen molar-refractivity contribution in [3.63, 3.8) is 0 Å².